The summed E-state index contributed by atoms with van der Waals surface area (Å²) in [6.45, 7) is 5.59. The first-order valence-corrected chi connectivity index (χ1v) is 6.67. The fourth-order valence-corrected chi connectivity index (χ4v) is 2.37. The van der Waals surface area contributed by atoms with E-state index in [2.05, 4.69) is 17.0 Å². The van der Waals surface area contributed by atoms with Crippen molar-refractivity contribution in [2.45, 2.75) is 32.8 Å². The molecule has 0 spiro atoms. The summed E-state index contributed by atoms with van der Waals surface area (Å²) >= 11 is 0. The first-order chi connectivity index (χ1) is 8.66. The number of para-hydroxylation sites is 1. The standard InChI is InChI=1S/C15H21NO2/c1-12(2)18-15(17)13-7-6-10-16(11-13)14-8-4-3-5-9-14/h3-5,8-9,12-13H,6-7,10-11H2,1-2H3. The van der Waals surface area contributed by atoms with Crippen molar-refractivity contribution in [2.75, 3.05) is 18.0 Å². The fraction of sp³-hybridized carbons (Fsp3) is 0.533. The van der Waals surface area contributed by atoms with Crippen molar-refractivity contribution >= 4 is 11.7 Å². The lowest BCUT2D eigenvalue weighted by molar-refractivity contribution is -0.152. The van der Waals surface area contributed by atoms with Crippen molar-refractivity contribution in [3.05, 3.63) is 30.3 Å². The normalized spacial score (nSPS) is 19.9. The third-order valence-electron chi connectivity index (χ3n) is 3.23. The topological polar surface area (TPSA) is 29.5 Å². The number of anilines is 1. The van der Waals surface area contributed by atoms with Crippen LogP contribution < -0.4 is 4.90 Å². The van der Waals surface area contributed by atoms with Crippen LogP contribution in [0.3, 0.4) is 0 Å². The summed E-state index contributed by atoms with van der Waals surface area (Å²) < 4.78 is 5.31. The molecule has 0 radical (unpaired) electrons. The van der Waals surface area contributed by atoms with Crippen molar-refractivity contribution in [1.29, 1.82) is 0 Å². The molecule has 3 heteroatoms. The Labute approximate surface area is 109 Å². The van der Waals surface area contributed by atoms with Gasteiger partial charge in [0.15, 0.2) is 0 Å². The zero-order valence-electron chi connectivity index (χ0n) is 11.1. The highest BCUT2D eigenvalue weighted by molar-refractivity contribution is 5.73. The van der Waals surface area contributed by atoms with Gasteiger partial charge in [-0.25, -0.2) is 0 Å². The Kier molecular flexibility index (Phi) is 4.24. The van der Waals surface area contributed by atoms with Gasteiger partial charge in [0.25, 0.3) is 0 Å². The second-order valence-electron chi connectivity index (χ2n) is 5.11. The van der Waals surface area contributed by atoms with Crippen LogP contribution in [0.4, 0.5) is 5.69 Å². The molecule has 1 atom stereocenters. The molecule has 3 nitrogen and oxygen atoms in total. The number of hydrogen-bond acceptors (Lipinski definition) is 3. The summed E-state index contributed by atoms with van der Waals surface area (Å²) in [7, 11) is 0. The average Bonchev–Trinajstić information content (AvgIpc) is 2.39. The highest BCUT2D eigenvalue weighted by Gasteiger charge is 2.27. The number of piperidine rings is 1. The van der Waals surface area contributed by atoms with E-state index in [1.54, 1.807) is 0 Å². The zero-order chi connectivity index (χ0) is 13.0. The Balaban J connectivity index is 1.98. The lowest BCUT2D eigenvalue weighted by atomic mass is 9.97. The third-order valence-corrected chi connectivity index (χ3v) is 3.23. The second-order valence-corrected chi connectivity index (χ2v) is 5.11. The molecule has 18 heavy (non-hydrogen) atoms. The lowest BCUT2D eigenvalue weighted by Crippen LogP contribution is -2.39. The van der Waals surface area contributed by atoms with E-state index in [-0.39, 0.29) is 18.0 Å². The Morgan fingerprint density at radius 2 is 2.06 bits per heavy atom. The van der Waals surface area contributed by atoms with Crippen LogP contribution in [0.2, 0.25) is 0 Å². The van der Waals surface area contributed by atoms with Gasteiger partial charge in [0, 0.05) is 18.8 Å². The summed E-state index contributed by atoms with van der Waals surface area (Å²) in [6, 6.07) is 10.3. The van der Waals surface area contributed by atoms with Gasteiger partial charge in [0.2, 0.25) is 0 Å². The summed E-state index contributed by atoms with van der Waals surface area (Å²) in [5.74, 6) is -0.0352. The van der Waals surface area contributed by atoms with Crippen LogP contribution in [0.15, 0.2) is 30.3 Å². The number of carbonyl (C=O) groups is 1. The molecule has 1 fully saturated rings. The van der Waals surface area contributed by atoms with Gasteiger partial charge in [0.1, 0.15) is 0 Å². The molecule has 1 unspecified atom stereocenters. The van der Waals surface area contributed by atoms with E-state index in [0.29, 0.717) is 0 Å². The van der Waals surface area contributed by atoms with Crippen LogP contribution in [0.5, 0.6) is 0 Å². The molecule has 1 aliphatic heterocycles. The Morgan fingerprint density at radius 3 is 2.72 bits per heavy atom. The van der Waals surface area contributed by atoms with E-state index in [4.69, 9.17) is 4.74 Å². The second kappa shape index (κ2) is 5.89. The maximum Gasteiger partial charge on any atom is 0.310 e. The first-order valence-electron chi connectivity index (χ1n) is 6.67. The van der Waals surface area contributed by atoms with E-state index in [1.807, 2.05) is 32.0 Å². The number of rotatable bonds is 3. The van der Waals surface area contributed by atoms with Gasteiger partial charge in [0.05, 0.1) is 12.0 Å². The van der Waals surface area contributed by atoms with Crippen LogP contribution in [-0.2, 0) is 9.53 Å². The number of hydrogen-bond donors (Lipinski definition) is 0. The first kappa shape index (κ1) is 12.9. The van der Waals surface area contributed by atoms with Gasteiger partial charge in [-0.05, 0) is 38.8 Å². The van der Waals surface area contributed by atoms with E-state index in [0.717, 1.165) is 25.9 Å². The third kappa shape index (κ3) is 3.25. The van der Waals surface area contributed by atoms with Crippen LogP contribution in [0, 0.1) is 5.92 Å². The van der Waals surface area contributed by atoms with E-state index in [9.17, 15) is 4.79 Å². The van der Waals surface area contributed by atoms with Crippen molar-refractivity contribution in [1.82, 2.24) is 0 Å². The highest BCUT2D eigenvalue weighted by atomic mass is 16.5. The van der Waals surface area contributed by atoms with Gasteiger partial charge >= 0.3 is 5.97 Å². The molecular formula is C15H21NO2. The quantitative estimate of drug-likeness (QED) is 0.769. The van der Waals surface area contributed by atoms with E-state index < -0.39 is 0 Å². The van der Waals surface area contributed by atoms with Crippen molar-refractivity contribution < 1.29 is 9.53 Å². The highest BCUT2D eigenvalue weighted by Crippen LogP contribution is 2.23. The van der Waals surface area contributed by atoms with E-state index in [1.165, 1.54) is 5.69 Å². The largest absolute Gasteiger partial charge is 0.463 e. The molecule has 0 N–H and O–H groups in total. The predicted octanol–water partition coefficient (Wildman–Crippen LogP) is 2.85. The van der Waals surface area contributed by atoms with Crippen molar-refractivity contribution in [2.24, 2.45) is 5.92 Å². The van der Waals surface area contributed by atoms with Crippen LogP contribution in [0.25, 0.3) is 0 Å². The molecule has 0 saturated carbocycles. The monoisotopic (exact) mass is 247 g/mol. The van der Waals surface area contributed by atoms with Crippen LogP contribution in [0.1, 0.15) is 26.7 Å². The maximum atomic E-state index is 11.9. The summed E-state index contributed by atoms with van der Waals surface area (Å²) in [4.78, 5) is 14.2. The Bertz CT molecular complexity index is 389. The SMILES string of the molecule is CC(C)OC(=O)C1CCCN(c2ccccc2)C1. The molecule has 0 aliphatic carbocycles. The number of benzene rings is 1. The maximum absolute atomic E-state index is 11.9. The van der Waals surface area contributed by atoms with Gasteiger partial charge in [-0.2, -0.15) is 0 Å². The molecule has 1 aromatic rings. The smallest absolute Gasteiger partial charge is 0.310 e. The molecule has 98 valence electrons. The summed E-state index contributed by atoms with van der Waals surface area (Å²) in [6.07, 6.45) is 1.96. The molecule has 0 amide bonds. The number of nitrogens with zero attached hydrogens (tertiary/aromatic N) is 1. The molecule has 2 rings (SSSR count). The van der Waals surface area contributed by atoms with Gasteiger partial charge < -0.3 is 9.64 Å². The minimum atomic E-state index is -0.0503. The summed E-state index contributed by atoms with van der Waals surface area (Å²) in [5, 5.41) is 0. The molecule has 0 aromatic heterocycles. The van der Waals surface area contributed by atoms with Gasteiger partial charge in [-0.3, -0.25) is 4.79 Å². The minimum absolute atomic E-state index is 0.0151. The molecular weight excluding hydrogens is 226 g/mol. The van der Waals surface area contributed by atoms with Crippen LogP contribution >= 0.6 is 0 Å². The average molecular weight is 247 g/mol. The molecule has 1 saturated heterocycles. The number of esters is 1. The van der Waals surface area contributed by atoms with Crippen molar-refractivity contribution in [3.8, 4) is 0 Å². The Morgan fingerprint density at radius 1 is 1.33 bits per heavy atom. The van der Waals surface area contributed by atoms with Gasteiger partial charge in [-0.15, -0.1) is 0 Å². The van der Waals surface area contributed by atoms with E-state index >= 15 is 0 Å². The number of carbonyl (C=O) groups excluding carboxylic acids is 1. The summed E-state index contributed by atoms with van der Waals surface area (Å²) in [5.41, 5.74) is 1.19. The van der Waals surface area contributed by atoms with Crippen LogP contribution in [-0.4, -0.2) is 25.2 Å². The fourth-order valence-electron chi connectivity index (χ4n) is 2.37. The minimum Gasteiger partial charge on any atom is -0.463 e. The molecule has 1 aromatic carbocycles. The molecule has 0 bridgehead atoms. The van der Waals surface area contributed by atoms with Crippen molar-refractivity contribution in [3.63, 3.8) is 0 Å². The van der Waals surface area contributed by atoms with Gasteiger partial charge in [-0.1, -0.05) is 18.2 Å². The lowest BCUT2D eigenvalue weighted by Gasteiger charge is -2.33. The zero-order valence-corrected chi connectivity index (χ0v) is 11.1. The Hall–Kier alpha value is -1.51. The number of ether oxygens (including phenoxy) is 1. The molecule has 1 aliphatic rings. The predicted molar refractivity (Wildman–Crippen MR) is 72.6 cm³/mol. The molecule has 1 heterocycles.